The molecular formula is C17H19FN4O2. The van der Waals surface area contributed by atoms with Gasteiger partial charge in [-0.3, -0.25) is 4.98 Å². The molecule has 7 heteroatoms. The predicted octanol–water partition coefficient (Wildman–Crippen LogP) is 2.11. The Morgan fingerprint density at radius 1 is 1.38 bits per heavy atom. The van der Waals surface area contributed by atoms with E-state index in [0.717, 1.165) is 0 Å². The first kappa shape index (κ1) is 16.2. The van der Waals surface area contributed by atoms with Crippen molar-refractivity contribution < 1.29 is 13.9 Å². The number of amides is 2. The van der Waals surface area contributed by atoms with Crippen LogP contribution < -0.4 is 15.4 Å². The molecule has 0 radical (unpaired) electrons. The van der Waals surface area contributed by atoms with E-state index >= 15 is 0 Å². The van der Waals surface area contributed by atoms with Crippen LogP contribution in [0, 0.1) is 5.82 Å². The largest absolute Gasteiger partial charge is 0.490 e. The van der Waals surface area contributed by atoms with Gasteiger partial charge in [-0.2, -0.15) is 0 Å². The number of para-hydroxylation sites is 1. The minimum atomic E-state index is -0.454. The molecule has 0 bridgehead atoms. The van der Waals surface area contributed by atoms with E-state index in [-0.39, 0.29) is 17.8 Å². The predicted molar refractivity (Wildman–Crippen MR) is 88.5 cm³/mol. The van der Waals surface area contributed by atoms with E-state index in [9.17, 15) is 9.18 Å². The summed E-state index contributed by atoms with van der Waals surface area (Å²) in [5, 5.41) is 5.86. The highest BCUT2D eigenvalue weighted by Gasteiger charge is 2.27. The van der Waals surface area contributed by atoms with Gasteiger partial charge < -0.3 is 20.3 Å². The Bertz CT molecular complexity index is 683. The summed E-state index contributed by atoms with van der Waals surface area (Å²) in [5.41, 5.74) is 0.174. The van der Waals surface area contributed by atoms with E-state index in [1.54, 1.807) is 35.5 Å². The minimum absolute atomic E-state index is 0.147. The summed E-state index contributed by atoms with van der Waals surface area (Å²) in [5.74, 6) is 0.196. The van der Waals surface area contributed by atoms with E-state index in [2.05, 4.69) is 15.6 Å². The summed E-state index contributed by atoms with van der Waals surface area (Å²) in [6, 6.07) is 9.24. The van der Waals surface area contributed by atoms with Crippen LogP contribution in [-0.4, -0.2) is 48.2 Å². The molecular weight excluding hydrogens is 311 g/mol. The summed E-state index contributed by atoms with van der Waals surface area (Å²) in [6.45, 7) is 2.17. The van der Waals surface area contributed by atoms with E-state index in [4.69, 9.17) is 4.74 Å². The molecule has 1 aromatic carbocycles. The second kappa shape index (κ2) is 7.74. The number of rotatable bonds is 4. The maximum atomic E-state index is 13.7. The first-order chi connectivity index (χ1) is 11.7. The number of nitrogens with zero attached hydrogens (tertiary/aromatic N) is 2. The number of piperazine rings is 1. The number of hydrogen-bond donors (Lipinski definition) is 2. The zero-order valence-electron chi connectivity index (χ0n) is 13.1. The molecule has 0 saturated carbocycles. The van der Waals surface area contributed by atoms with Gasteiger partial charge in [0.05, 0.1) is 17.9 Å². The van der Waals surface area contributed by atoms with Crippen molar-refractivity contribution in [1.29, 1.82) is 0 Å². The molecule has 1 unspecified atom stereocenters. The minimum Gasteiger partial charge on any atom is -0.490 e. The Morgan fingerprint density at radius 3 is 3.04 bits per heavy atom. The van der Waals surface area contributed by atoms with Crippen LogP contribution in [0.5, 0.6) is 5.75 Å². The van der Waals surface area contributed by atoms with Gasteiger partial charge in [-0.15, -0.1) is 0 Å². The first-order valence-electron chi connectivity index (χ1n) is 7.80. The molecule has 1 aliphatic rings. The summed E-state index contributed by atoms with van der Waals surface area (Å²) in [4.78, 5) is 18.2. The Morgan fingerprint density at radius 2 is 2.25 bits per heavy atom. The summed E-state index contributed by atoms with van der Waals surface area (Å²) >= 11 is 0. The third-order valence-corrected chi connectivity index (χ3v) is 3.80. The van der Waals surface area contributed by atoms with Crippen molar-refractivity contribution in [3.8, 4) is 5.75 Å². The number of anilines is 1. The van der Waals surface area contributed by atoms with Gasteiger partial charge in [0.2, 0.25) is 0 Å². The van der Waals surface area contributed by atoms with Gasteiger partial charge in [0.15, 0.2) is 0 Å². The van der Waals surface area contributed by atoms with Crippen LogP contribution in [0.4, 0.5) is 14.9 Å². The summed E-state index contributed by atoms with van der Waals surface area (Å²) in [6.07, 6.45) is 3.29. The van der Waals surface area contributed by atoms with Gasteiger partial charge in [-0.05, 0) is 24.3 Å². The number of carbonyl (C=O) groups is 1. The Balaban J connectivity index is 1.63. The molecule has 1 aliphatic heterocycles. The highest BCUT2D eigenvalue weighted by molar-refractivity contribution is 5.89. The zero-order chi connectivity index (χ0) is 16.8. The standard InChI is InChI=1S/C17H19FN4O2/c18-15-5-1-2-6-16(15)21-17(23)22-9-8-20-10-13(22)12-24-14-4-3-7-19-11-14/h1-7,11,13,20H,8-10,12H2,(H,21,23). The number of benzene rings is 1. The van der Waals surface area contributed by atoms with Gasteiger partial charge in [0, 0.05) is 25.8 Å². The van der Waals surface area contributed by atoms with Gasteiger partial charge in [0.1, 0.15) is 18.2 Å². The SMILES string of the molecule is O=C(Nc1ccccc1F)N1CCNCC1COc1cccnc1. The third kappa shape index (κ3) is 3.99. The maximum absolute atomic E-state index is 13.7. The van der Waals surface area contributed by atoms with Crippen LogP contribution in [0.2, 0.25) is 0 Å². The van der Waals surface area contributed by atoms with Crippen LogP contribution in [0.25, 0.3) is 0 Å². The number of nitrogens with one attached hydrogen (secondary N) is 2. The molecule has 1 saturated heterocycles. The van der Waals surface area contributed by atoms with Gasteiger partial charge >= 0.3 is 6.03 Å². The number of halogens is 1. The molecule has 1 aromatic heterocycles. The van der Waals surface area contributed by atoms with E-state index < -0.39 is 5.82 Å². The van der Waals surface area contributed by atoms with Crippen LogP contribution in [-0.2, 0) is 0 Å². The fraction of sp³-hybridized carbons (Fsp3) is 0.294. The second-order valence-electron chi connectivity index (χ2n) is 5.46. The van der Waals surface area contributed by atoms with E-state index in [0.29, 0.717) is 32.0 Å². The quantitative estimate of drug-likeness (QED) is 0.901. The average Bonchev–Trinajstić information content (AvgIpc) is 2.63. The van der Waals surface area contributed by atoms with Crippen LogP contribution in [0.15, 0.2) is 48.8 Å². The molecule has 3 rings (SSSR count). The van der Waals surface area contributed by atoms with Gasteiger partial charge in [0.25, 0.3) is 0 Å². The van der Waals surface area contributed by atoms with Crippen molar-refractivity contribution in [1.82, 2.24) is 15.2 Å². The third-order valence-electron chi connectivity index (χ3n) is 3.80. The molecule has 0 aliphatic carbocycles. The fourth-order valence-corrected chi connectivity index (χ4v) is 2.55. The van der Waals surface area contributed by atoms with Crippen molar-refractivity contribution >= 4 is 11.7 Å². The van der Waals surface area contributed by atoms with Crippen LogP contribution in [0.1, 0.15) is 0 Å². The van der Waals surface area contributed by atoms with Crippen LogP contribution in [0.3, 0.4) is 0 Å². The highest BCUT2D eigenvalue weighted by atomic mass is 19.1. The Labute approximate surface area is 139 Å². The smallest absolute Gasteiger partial charge is 0.322 e. The number of ether oxygens (including phenoxy) is 1. The molecule has 24 heavy (non-hydrogen) atoms. The monoisotopic (exact) mass is 330 g/mol. The lowest BCUT2D eigenvalue weighted by atomic mass is 10.2. The molecule has 126 valence electrons. The molecule has 2 amide bonds. The van der Waals surface area contributed by atoms with Crippen molar-refractivity contribution in [3.05, 3.63) is 54.6 Å². The molecule has 1 fully saturated rings. The fourth-order valence-electron chi connectivity index (χ4n) is 2.55. The Kier molecular flexibility index (Phi) is 5.22. The summed E-state index contributed by atoms with van der Waals surface area (Å²) in [7, 11) is 0. The number of hydrogen-bond acceptors (Lipinski definition) is 4. The lowest BCUT2D eigenvalue weighted by molar-refractivity contribution is 0.132. The molecule has 1 atom stereocenters. The average molecular weight is 330 g/mol. The number of carbonyl (C=O) groups excluding carboxylic acids is 1. The lowest BCUT2D eigenvalue weighted by Gasteiger charge is -2.35. The highest BCUT2D eigenvalue weighted by Crippen LogP contribution is 2.15. The number of urea groups is 1. The van der Waals surface area contributed by atoms with Gasteiger partial charge in [-0.1, -0.05) is 12.1 Å². The van der Waals surface area contributed by atoms with Crippen molar-refractivity contribution in [2.24, 2.45) is 0 Å². The molecule has 0 spiro atoms. The van der Waals surface area contributed by atoms with Crippen LogP contribution >= 0.6 is 0 Å². The van der Waals surface area contributed by atoms with Gasteiger partial charge in [-0.25, -0.2) is 9.18 Å². The van der Waals surface area contributed by atoms with E-state index in [1.165, 1.54) is 12.1 Å². The topological polar surface area (TPSA) is 66.5 Å². The molecule has 2 heterocycles. The molecule has 2 N–H and O–H groups in total. The maximum Gasteiger partial charge on any atom is 0.322 e. The normalized spacial score (nSPS) is 17.4. The summed E-state index contributed by atoms with van der Waals surface area (Å²) < 4.78 is 19.4. The zero-order valence-corrected chi connectivity index (χ0v) is 13.1. The lowest BCUT2D eigenvalue weighted by Crippen LogP contribution is -2.57. The molecule has 6 nitrogen and oxygen atoms in total. The molecule has 2 aromatic rings. The second-order valence-corrected chi connectivity index (χ2v) is 5.46. The van der Waals surface area contributed by atoms with Crippen molar-refractivity contribution in [2.75, 3.05) is 31.6 Å². The number of pyridine rings is 1. The van der Waals surface area contributed by atoms with Crippen molar-refractivity contribution in [2.45, 2.75) is 6.04 Å². The van der Waals surface area contributed by atoms with Crippen molar-refractivity contribution in [3.63, 3.8) is 0 Å². The number of aromatic nitrogens is 1. The first-order valence-corrected chi connectivity index (χ1v) is 7.80. The van der Waals surface area contributed by atoms with E-state index in [1.807, 2.05) is 6.07 Å². The Hall–Kier alpha value is -2.67.